The van der Waals surface area contributed by atoms with Crippen LogP contribution in [0.2, 0.25) is 0 Å². The molecule has 2 aliphatic heterocycles. The molecule has 0 saturated carbocycles. The Morgan fingerprint density at radius 3 is 2.53 bits per heavy atom. The molecule has 0 bridgehead atoms. The highest BCUT2D eigenvalue weighted by Crippen LogP contribution is 2.42. The minimum atomic E-state index is -1.19. The number of carbonyl (C=O) groups excluding carboxylic acids is 2. The van der Waals surface area contributed by atoms with Gasteiger partial charge in [-0.3, -0.25) is 9.59 Å². The minimum absolute atomic E-state index is 0.0319. The van der Waals surface area contributed by atoms with Gasteiger partial charge < -0.3 is 38.8 Å². The maximum atomic E-state index is 12.9. The number of β-amino-alcohol motifs (C(OH)–C–C–N with tert-alkyl or cyclic N) is 1. The van der Waals surface area contributed by atoms with Gasteiger partial charge in [0.15, 0.2) is 23.9 Å². The van der Waals surface area contributed by atoms with Gasteiger partial charge in [0.05, 0.1) is 33.0 Å². The summed E-state index contributed by atoms with van der Waals surface area (Å²) in [5.41, 5.74) is 0.849. The Balaban J connectivity index is 1.50. The van der Waals surface area contributed by atoms with Crippen molar-refractivity contribution in [2.24, 2.45) is 0 Å². The van der Waals surface area contributed by atoms with Crippen LogP contribution in [0.25, 0.3) is 6.08 Å². The van der Waals surface area contributed by atoms with Crippen molar-refractivity contribution in [2.75, 3.05) is 34.5 Å². The number of carboxylic acids is 1. The van der Waals surface area contributed by atoms with Crippen LogP contribution in [0.1, 0.15) is 22.3 Å². The predicted octanol–water partition coefficient (Wildman–Crippen LogP) is 1.75. The molecule has 0 aromatic heterocycles. The van der Waals surface area contributed by atoms with Gasteiger partial charge in [-0.25, -0.2) is 4.79 Å². The Morgan fingerprint density at radius 2 is 1.86 bits per heavy atom. The summed E-state index contributed by atoms with van der Waals surface area (Å²) in [6.07, 6.45) is 0.595. The number of hydrogen-bond donors (Lipinski definition) is 2. The first kappa shape index (κ1) is 24.9. The molecule has 1 fully saturated rings. The molecule has 2 aromatic carbocycles. The number of ketones is 1. The summed E-state index contributed by atoms with van der Waals surface area (Å²) in [5, 5.41) is 19.0. The van der Waals surface area contributed by atoms with Gasteiger partial charge in [-0.05, 0) is 30.3 Å². The lowest BCUT2D eigenvalue weighted by Crippen LogP contribution is -2.42. The number of rotatable bonds is 8. The summed E-state index contributed by atoms with van der Waals surface area (Å²) < 4.78 is 27.4. The van der Waals surface area contributed by atoms with Crippen LogP contribution in [0.5, 0.6) is 28.7 Å². The lowest BCUT2D eigenvalue weighted by Gasteiger charge is -2.21. The number of nitrogens with zero attached hydrogens (tertiary/aromatic N) is 1. The van der Waals surface area contributed by atoms with Crippen molar-refractivity contribution in [2.45, 2.75) is 18.6 Å². The fraction of sp³-hybridized carbons (Fsp3) is 0.320. The Hall–Kier alpha value is -4.25. The van der Waals surface area contributed by atoms with E-state index in [0.29, 0.717) is 28.4 Å². The second kappa shape index (κ2) is 10.2. The molecule has 4 rings (SSSR count). The number of allylic oxidation sites excluding steroid dienone is 1. The van der Waals surface area contributed by atoms with Crippen LogP contribution in [0.3, 0.4) is 0 Å². The summed E-state index contributed by atoms with van der Waals surface area (Å²) in [6.45, 7) is -0.510. The molecule has 2 atom stereocenters. The highest BCUT2D eigenvalue weighted by Gasteiger charge is 2.39. The second-order valence-electron chi connectivity index (χ2n) is 8.10. The zero-order valence-corrected chi connectivity index (χ0v) is 19.8. The van der Waals surface area contributed by atoms with E-state index in [4.69, 9.17) is 23.7 Å². The minimum Gasteiger partial charge on any atom is -0.493 e. The summed E-state index contributed by atoms with van der Waals surface area (Å²) in [6, 6.07) is 6.79. The number of hydrogen-bond acceptors (Lipinski definition) is 9. The van der Waals surface area contributed by atoms with Gasteiger partial charge in [0.2, 0.25) is 11.5 Å². The molecule has 1 amide bonds. The molecule has 2 aromatic rings. The zero-order valence-electron chi connectivity index (χ0n) is 19.8. The first-order valence-electron chi connectivity index (χ1n) is 11.0. The number of fused-ring (bicyclic) bond motifs is 1. The van der Waals surface area contributed by atoms with Gasteiger partial charge in [0, 0.05) is 24.6 Å². The number of amides is 1. The molecule has 0 radical (unpaired) electrons. The Bertz CT molecular complexity index is 1240. The maximum Gasteiger partial charge on any atom is 0.326 e. The van der Waals surface area contributed by atoms with Crippen molar-refractivity contribution >= 4 is 23.7 Å². The lowest BCUT2D eigenvalue weighted by atomic mass is 10.1. The van der Waals surface area contributed by atoms with E-state index in [0.717, 1.165) is 4.90 Å². The van der Waals surface area contributed by atoms with Crippen LogP contribution in [0, 0.1) is 0 Å². The molecule has 11 heteroatoms. The number of carboxylic acid groups (broad SMARTS) is 1. The highest BCUT2D eigenvalue weighted by atomic mass is 16.5. The van der Waals surface area contributed by atoms with E-state index >= 15 is 0 Å². The average Bonchev–Trinajstić information content (AvgIpc) is 3.41. The SMILES string of the molecule is COc1ccc(/C=C2\Oc3cc(OCC(=O)N4C[C@@H](O)C[C@H]4C(=O)O)ccc3C2=O)c(OC)c1OC. The van der Waals surface area contributed by atoms with Gasteiger partial charge in [0.25, 0.3) is 5.91 Å². The van der Waals surface area contributed by atoms with Crippen molar-refractivity contribution in [1.82, 2.24) is 4.90 Å². The molecule has 2 aliphatic rings. The van der Waals surface area contributed by atoms with E-state index in [1.807, 2.05) is 0 Å². The number of aliphatic hydroxyl groups is 1. The van der Waals surface area contributed by atoms with Crippen LogP contribution in [-0.4, -0.2) is 79.4 Å². The normalized spacial score (nSPS) is 19.6. The maximum absolute atomic E-state index is 12.9. The Morgan fingerprint density at radius 1 is 1.11 bits per heavy atom. The Kier molecular flexibility index (Phi) is 7.02. The van der Waals surface area contributed by atoms with Gasteiger partial charge in [0.1, 0.15) is 17.5 Å². The number of aliphatic hydroxyl groups excluding tert-OH is 1. The molecule has 190 valence electrons. The summed E-state index contributed by atoms with van der Waals surface area (Å²) in [7, 11) is 4.45. The van der Waals surface area contributed by atoms with Crippen molar-refractivity contribution in [3.63, 3.8) is 0 Å². The first-order valence-corrected chi connectivity index (χ1v) is 11.0. The molecular formula is C25H25NO10. The number of aliphatic carboxylic acids is 1. The van der Waals surface area contributed by atoms with Crippen LogP contribution in [0.4, 0.5) is 0 Å². The number of ether oxygens (including phenoxy) is 5. The fourth-order valence-corrected chi connectivity index (χ4v) is 4.19. The number of methoxy groups -OCH3 is 3. The van der Waals surface area contributed by atoms with Gasteiger partial charge in [-0.2, -0.15) is 0 Å². The summed E-state index contributed by atoms with van der Waals surface area (Å²) in [4.78, 5) is 37.8. The van der Waals surface area contributed by atoms with Crippen LogP contribution in [-0.2, 0) is 9.59 Å². The molecule has 11 nitrogen and oxygen atoms in total. The number of Topliss-reactive ketones (excluding diaryl/α,β-unsaturated/α-hetero) is 1. The predicted molar refractivity (Wildman–Crippen MR) is 125 cm³/mol. The average molecular weight is 499 g/mol. The molecule has 0 unspecified atom stereocenters. The van der Waals surface area contributed by atoms with Crippen molar-refractivity contribution in [3.8, 4) is 28.7 Å². The molecule has 0 aliphatic carbocycles. The van der Waals surface area contributed by atoms with E-state index < -0.39 is 30.6 Å². The van der Waals surface area contributed by atoms with E-state index in [-0.39, 0.29) is 36.0 Å². The highest BCUT2D eigenvalue weighted by molar-refractivity contribution is 6.14. The zero-order chi connectivity index (χ0) is 26.0. The van der Waals surface area contributed by atoms with Gasteiger partial charge in [-0.15, -0.1) is 0 Å². The first-order chi connectivity index (χ1) is 17.3. The van der Waals surface area contributed by atoms with Gasteiger partial charge in [-0.1, -0.05) is 0 Å². The number of carbonyl (C=O) groups is 3. The van der Waals surface area contributed by atoms with E-state index in [2.05, 4.69) is 0 Å². The topological polar surface area (TPSA) is 141 Å². The molecular weight excluding hydrogens is 474 g/mol. The second-order valence-corrected chi connectivity index (χ2v) is 8.10. The summed E-state index contributed by atoms with van der Waals surface area (Å²) >= 11 is 0. The molecule has 0 spiro atoms. The smallest absolute Gasteiger partial charge is 0.326 e. The third-order valence-electron chi connectivity index (χ3n) is 5.91. The van der Waals surface area contributed by atoms with Crippen LogP contribution < -0.4 is 23.7 Å². The fourth-order valence-electron chi connectivity index (χ4n) is 4.19. The monoisotopic (exact) mass is 499 g/mol. The molecule has 2 N–H and O–H groups in total. The quantitative estimate of drug-likeness (QED) is 0.516. The largest absolute Gasteiger partial charge is 0.493 e. The lowest BCUT2D eigenvalue weighted by molar-refractivity contribution is -0.148. The summed E-state index contributed by atoms with van der Waals surface area (Å²) in [5.74, 6) is -0.347. The number of likely N-dealkylation sites (tertiary alicyclic amines) is 1. The Labute approximate surface area is 206 Å². The van der Waals surface area contributed by atoms with Crippen molar-refractivity contribution in [3.05, 3.63) is 47.2 Å². The molecule has 2 heterocycles. The third-order valence-corrected chi connectivity index (χ3v) is 5.91. The van der Waals surface area contributed by atoms with Crippen LogP contribution >= 0.6 is 0 Å². The van der Waals surface area contributed by atoms with Crippen LogP contribution in [0.15, 0.2) is 36.1 Å². The standard InChI is InChI=1S/C25H25NO10/c1-32-18-7-4-13(23(33-2)24(18)34-3)8-20-22(29)16-6-5-15(10-19(16)36-20)35-12-21(28)26-11-14(27)9-17(26)25(30)31/h4-8,10,14,17,27H,9,11-12H2,1-3H3,(H,30,31)/b20-8-/t14-,17-/m0/s1. The van der Waals surface area contributed by atoms with E-state index in [1.54, 1.807) is 12.1 Å². The van der Waals surface area contributed by atoms with Crippen molar-refractivity contribution < 1.29 is 48.3 Å². The molecule has 36 heavy (non-hydrogen) atoms. The third kappa shape index (κ3) is 4.65. The van der Waals surface area contributed by atoms with E-state index in [1.165, 1.54) is 45.6 Å². The van der Waals surface area contributed by atoms with E-state index in [9.17, 15) is 24.6 Å². The van der Waals surface area contributed by atoms with Gasteiger partial charge >= 0.3 is 5.97 Å². The molecule has 1 saturated heterocycles. The number of benzene rings is 2. The van der Waals surface area contributed by atoms with Crippen molar-refractivity contribution in [1.29, 1.82) is 0 Å².